The fourth-order valence-corrected chi connectivity index (χ4v) is 3.37. The predicted octanol–water partition coefficient (Wildman–Crippen LogP) is 3.77. The lowest BCUT2D eigenvalue weighted by Gasteiger charge is -2.22. The van der Waals surface area contributed by atoms with Gasteiger partial charge in [-0.2, -0.15) is 0 Å². The molecule has 4 rings (SSSR count). The van der Waals surface area contributed by atoms with Gasteiger partial charge < -0.3 is 19.7 Å². The second-order valence-electron chi connectivity index (χ2n) is 6.79. The van der Waals surface area contributed by atoms with Gasteiger partial charge in [0.05, 0.1) is 30.5 Å². The Morgan fingerprint density at radius 1 is 1.26 bits per heavy atom. The van der Waals surface area contributed by atoms with Crippen molar-refractivity contribution in [2.24, 2.45) is 0 Å². The maximum absolute atomic E-state index is 12.7. The van der Waals surface area contributed by atoms with Gasteiger partial charge in [0, 0.05) is 25.2 Å². The van der Waals surface area contributed by atoms with Crippen LogP contribution in [-0.2, 0) is 13.1 Å². The molecular formula is C20H22ClN3O3. The molecule has 1 aliphatic carbocycles. The fourth-order valence-electron chi connectivity index (χ4n) is 3.08. The van der Waals surface area contributed by atoms with Crippen molar-refractivity contribution in [1.29, 1.82) is 0 Å². The van der Waals surface area contributed by atoms with Crippen molar-refractivity contribution in [3.63, 3.8) is 0 Å². The summed E-state index contributed by atoms with van der Waals surface area (Å²) in [6.07, 6.45) is 4.64. The van der Waals surface area contributed by atoms with Gasteiger partial charge in [-0.1, -0.05) is 17.7 Å². The molecule has 0 radical (unpaired) electrons. The first-order valence-electron chi connectivity index (χ1n) is 9.23. The topological polar surface area (TPSA) is 63.7 Å². The van der Waals surface area contributed by atoms with Gasteiger partial charge in [-0.05, 0) is 42.7 Å². The van der Waals surface area contributed by atoms with Crippen LogP contribution in [0.3, 0.4) is 0 Å². The molecule has 1 aromatic carbocycles. The standard InChI is InChI=1S/C20H22ClN3O3/c21-17-10-14(11-18-19(17)27-9-3-8-26-18)12-23-20(25)24(16-5-6-16)13-15-4-1-2-7-22-15/h1-2,4,7,10-11,16H,3,5-6,8-9,12-13H2,(H,23,25). The van der Waals surface area contributed by atoms with Crippen LogP contribution in [0.1, 0.15) is 30.5 Å². The van der Waals surface area contributed by atoms with Crippen LogP contribution in [0.15, 0.2) is 36.5 Å². The number of halogens is 1. The molecule has 2 heterocycles. The molecule has 0 unspecified atom stereocenters. The molecule has 0 bridgehead atoms. The molecule has 2 aliphatic rings. The van der Waals surface area contributed by atoms with E-state index in [2.05, 4.69) is 10.3 Å². The number of ether oxygens (including phenoxy) is 2. The molecule has 0 atom stereocenters. The molecule has 2 amide bonds. The van der Waals surface area contributed by atoms with Crippen molar-refractivity contribution in [1.82, 2.24) is 15.2 Å². The molecule has 1 aliphatic heterocycles. The summed E-state index contributed by atoms with van der Waals surface area (Å²) in [5.74, 6) is 1.22. The van der Waals surface area contributed by atoms with E-state index in [1.54, 1.807) is 6.20 Å². The van der Waals surface area contributed by atoms with Gasteiger partial charge in [-0.3, -0.25) is 4.98 Å². The van der Waals surface area contributed by atoms with E-state index < -0.39 is 0 Å². The first-order valence-corrected chi connectivity index (χ1v) is 9.61. The van der Waals surface area contributed by atoms with E-state index >= 15 is 0 Å². The Kier molecular flexibility index (Phi) is 5.34. The number of nitrogens with zero attached hydrogens (tertiary/aromatic N) is 2. The van der Waals surface area contributed by atoms with Gasteiger partial charge in [0.2, 0.25) is 0 Å². The van der Waals surface area contributed by atoms with Crippen molar-refractivity contribution in [3.05, 3.63) is 52.8 Å². The average molecular weight is 388 g/mol. The lowest BCUT2D eigenvalue weighted by Crippen LogP contribution is -2.40. The van der Waals surface area contributed by atoms with Crippen LogP contribution < -0.4 is 14.8 Å². The quantitative estimate of drug-likeness (QED) is 0.848. The Morgan fingerprint density at radius 2 is 2.11 bits per heavy atom. The number of aromatic nitrogens is 1. The van der Waals surface area contributed by atoms with E-state index in [9.17, 15) is 4.79 Å². The molecule has 1 saturated carbocycles. The predicted molar refractivity (Wildman–Crippen MR) is 102 cm³/mol. The molecular weight excluding hydrogens is 366 g/mol. The van der Waals surface area contributed by atoms with Crippen LogP contribution in [0.4, 0.5) is 4.79 Å². The number of fused-ring (bicyclic) bond motifs is 1. The van der Waals surface area contributed by atoms with Gasteiger partial charge >= 0.3 is 6.03 Å². The minimum absolute atomic E-state index is 0.0913. The Bertz CT molecular complexity index is 812. The summed E-state index contributed by atoms with van der Waals surface area (Å²) in [7, 11) is 0. The lowest BCUT2D eigenvalue weighted by atomic mass is 10.2. The van der Waals surface area contributed by atoms with E-state index in [4.69, 9.17) is 21.1 Å². The van der Waals surface area contributed by atoms with E-state index in [1.165, 1.54) is 0 Å². The smallest absolute Gasteiger partial charge is 0.318 e. The molecule has 1 aromatic heterocycles. The molecule has 7 heteroatoms. The molecule has 27 heavy (non-hydrogen) atoms. The number of rotatable bonds is 5. The van der Waals surface area contributed by atoms with Gasteiger partial charge in [0.25, 0.3) is 0 Å². The third-order valence-corrected chi connectivity index (χ3v) is 4.89. The number of pyridine rings is 1. The second-order valence-corrected chi connectivity index (χ2v) is 7.20. The zero-order valence-electron chi connectivity index (χ0n) is 15.0. The fraction of sp³-hybridized carbons (Fsp3) is 0.400. The first-order chi connectivity index (χ1) is 13.2. The van der Waals surface area contributed by atoms with Crippen molar-refractivity contribution in [3.8, 4) is 11.5 Å². The molecule has 0 saturated heterocycles. The number of urea groups is 1. The van der Waals surface area contributed by atoms with Crippen LogP contribution in [0.2, 0.25) is 5.02 Å². The SMILES string of the molecule is O=C(NCc1cc(Cl)c2c(c1)OCCCO2)N(Cc1ccccn1)C1CC1. The summed E-state index contributed by atoms with van der Waals surface area (Å²) in [6.45, 7) is 2.07. The highest BCUT2D eigenvalue weighted by atomic mass is 35.5. The molecule has 0 spiro atoms. The van der Waals surface area contributed by atoms with Crippen LogP contribution in [0.5, 0.6) is 11.5 Å². The van der Waals surface area contributed by atoms with Crippen molar-refractivity contribution < 1.29 is 14.3 Å². The number of hydrogen-bond acceptors (Lipinski definition) is 4. The second kappa shape index (κ2) is 8.05. The summed E-state index contributed by atoms with van der Waals surface area (Å²) < 4.78 is 11.4. The zero-order chi connectivity index (χ0) is 18.6. The summed E-state index contributed by atoms with van der Waals surface area (Å²) in [5, 5.41) is 3.50. The monoisotopic (exact) mass is 387 g/mol. The van der Waals surface area contributed by atoms with Crippen molar-refractivity contribution in [2.75, 3.05) is 13.2 Å². The Balaban J connectivity index is 1.42. The largest absolute Gasteiger partial charge is 0.489 e. The molecule has 6 nitrogen and oxygen atoms in total. The summed E-state index contributed by atoms with van der Waals surface area (Å²) in [5.41, 5.74) is 1.77. The van der Waals surface area contributed by atoms with Crippen LogP contribution in [0, 0.1) is 0 Å². The van der Waals surface area contributed by atoms with Gasteiger partial charge in [-0.15, -0.1) is 0 Å². The highest BCUT2D eigenvalue weighted by Crippen LogP contribution is 2.38. The van der Waals surface area contributed by atoms with E-state index in [1.807, 2.05) is 35.2 Å². The van der Waals surface area contributed by atoms with E-state index in [-0.39, 0.29) is 6.03 Å². The number of benzene rings is 1. The average Bonchev–Trinajstić information content (AvgIpc) is 3.52. The minimum Gasteiger partial charge on any atom is -0.489 e. The van der Waals surface area contributed by atoms with Gasteiger partial charge in [0.15, 0.2) is 11.5 Å². The third kappa shape index (κ3) is 4.45. The Labute approximate surface area is 163 Å². The highest BCUT2D eigenvalue weighted by molar-refractivity contribution is 6.32. The highest BCUT2D eigenvalue weighted by Gasteiger charge is 2.32. The normalized spacial score (nSPS) is 15.7. The summed E-state index contributed by atoms with van der Waals surface area (Å²) in [4.78, 5) is 18.9. The molecule has 1 N–H and O–H groups in total. The van der Waals surface area contributed by atoms with Gasteiger partial charge in [-0.25, -0.2) is 4.79 Å². The number of hydrogen-bond donors (Lipinski definition) is 1. The zero-order valence-corrected chi connectivity index (χ0v) is 15.7. The number of amides is 2. The van der Waals surface area contributed by atoms with Crippen LogP contribution in [-0.4, -0.2) is 35.2 Å². The van der Waals surface area contributed by atoms with E-state index in [0.717, 1.165) is 30.5 Å². The number of carbonyl (C=O) groups excluding carboxylic acids is 1. The van der Waals surface area contributed by atoms with Crippen LogP contribution >= 0.6 is 11.6 Å². The first kappa shape index (κ1) is 17.9. The summed E-state index contributed by atoms with van der Waals surface area (Å²) >= 11 is 6.33. The summed E-state index contributed by atoms with van der Waals surface area (Å²) in [6, 6.07) is 9.64. The van der Waals surface area contributed by atoms with Crippen molar-refractivity contribution in [2.45, 2.75) is 38.4 Å². The number of carbonyl (C=O) groups is 1. The van der Waals surface area contributed by atoms with Gasteiger partial charge in [0.1, 0.15) is 0 Å². The minimum atomic E-state index is -0.0913. The third-order valence-electron chi connectivity index (χ3n) is 4.61. The van der Waals surface area contributed by atoms with Crippen LogP contribution in [0.25, 0.3) is 0 Å². The van der Waals surface area contributed by atoms with Crippen molar-refractivity contribution >= 4 is 17.6 Å². The maximum atomic E-state index is 12.7. The van der Waals surface area contributed by atoms with E-state index in [0.29, 0.717) is 48.9 Å². The number of nitrogens with one attached hydrogen (secondary N) is 1. The lowest BCUT2D eigenvalue weighted by molar-refractivity contribution is 0.191. The molecule has 1 fully saturated rings. The Hall–Kier alpha value is -2.47. The maximum Gasteiger partial charge on any atom is 0.318 e. The molecule has 142 valence electrons. The molecule has 2 aromatic rings. The Morgan fingerprint density at radius 3 is 2.89 bits per heavy atom.